The van der Waals surface area contributed by atoms with Gasteiger partial charge in [-0.2, -0.15) is 0 Å². The SMILES string of the molecule is C=C(C)CN(C)c1cc(C(=O)O)ccn1. The average molecular weight is 206 g/mol. The van der Waals surface area contributed by atoms with Gasteiger partial charge in [-0.3, -0.25) is 0 Å². The maximum atomic E-state index is 10.7. The molecule has 0 radical (unpaired) electrons. The standard InChI is InChI=1S/C11H14N2O2/c1-8(2)7-13(3)10-6-9(11(14)15)4-5-12-10/h4-6H,1,7H2,2-3H3,(H,14,15). The van der Waals surface area contributed by atoms with E-state index in [4.69, 9.17) is 5.11 Å². The third kappa shape index (κ3) is 3.09. The maximum absolute atomic E-state index is 10.7. The molecule has 15 heavy (non-hydrogen) atoms. The van der Waals surface area contributed by atoms with Crippen molar-refractivity contribution in [2.75, 3.05) is 18.5 Å². The molecule has 0 bridgehead atoms. The van der Waals surface area contributed by atoms with Crippen molar-refractivity contribution in [2.24, 2.45) is 0 Å². The van der Waals surface area contributed by atoms with Crippen LogP contribution in [0.25, 0.3) is 0 Å². The summed E-state index contributed by atoms with van der Waals surface area (Å²) in [6.45, 7) is 6.37. The molecule has 0 aliphatic heterocycles. The number of rotatable bonds is 4. The van der Waals surface area contributed by atoms with E-state index in [0.717, 1.165) is 5.57 Å². The molecule has 0 atom stereocenters. The van der Waals surface area contributed by atoms with Crippen LogP contribution in [0.2, 0.25) is 0 Å². The number of carboxylic acids is 1. The van der Waals surface area contributed by atoms with E-state index in [1.807, 2.05) is 18.9 Å². The highest BCUT2D eigenvalue weighted by Gasteiger charge is 2.07. The number of aromatic nitrogens is 1. The van der Waals surface area contributed by atoms with Crippen LogP contribution in [-0.4, -0.2) is 29.7 Å². The smallest absolute Gasteiger partial charge is 0.335 e. The quantitative estimate of drug-likeness (QED) is 0.763. The molecule has 4 heteroatoms. The van der Waals surface area contributed by atoms with Crippen LogP contribution in [0, 0.1) is 0 Å². The highest BCUT2D eigenvalue weighted by molar-refractivity contribution is 5.88. The number of pyridine rings is 1. The van der Waals surface area contributed by atoms with Crippen LogP contribution in [0.1, 0.15) is 17.3 Å². The Bertz CT molecular complexity index is 388. The third-order valence-corrected chi connectivity index (χ3v) is 1.89. The fourth-order valence-corrected chi connectivity index (χ4v) is 1.25. The lowest BCUT2D eigenvalue weighted by atomic mass is 10.2. The Hall–Kier alpha value is -1.84. The van der Waals surface area contributed by atoms with Crippen LogP contribution < -0.4 is 4.90 Å². The molecule has 1 N–H and O–H groups in total. The van der Waals surface area contributed by atoms with Gasteiger partial charge in [0.1, 0.15) is 5.82 Å². The molecular formula is C11H14N2O2. The summed E-state index contributed by atoms with van der Waals surface area (Å²) in [5.74, 6) is -0.305. The summed E-state index contributed by atoms with van der Waals surface area (Å²) >= 11 is 0. The summed E-state index contributed by atoms with van der Waals surface area (Å²) in [4.78, 5) is 16.7. The molecule has 1 aromatic heterocycles. The molecule has 0 spiro atoms. The van der Waals surface area contributed by atoms with Gasteiger partial charge in [0.05, 0.1) is 5.56 Å². The first-order valence-electron chi connectivity index (χ1n) is 4.55. The van der Waals surface area contributed by atoms with E-state index in [2.05, 4.69) is 11.6 Å². The van der Waals surface area contributed by atoms with Crippen LogP contribution >= 0.6 is 0 Å². The summed E-state index contributed by atoms with van der Waals surface area (Å²) < 4.78 is 0. The molecule has 0 aliphatic carbocycles. The zero-order valence-electron chi connectivity index (χ0n) is 8.90. The molecule has 0 unspecified atom stereocenters. The van der Waals surface area contributed by atoms with Gasteiger partial charge in [0, 0.05) is 19.8 Å². The molecule has 1 aromatic rings. The molecule has 0 aromatic carbocycles. The van der Waals surface area contributed by atoms with Gasteiger partial charge in [-0.1, -0.05) is 12.2 Å². The summed E-state index contributed by atoms with van der Waals surface area (Å²) in [5.41, 5.74) is 1.24. The second-order valence-electron chi connectivity index (χ2n) is 3.52. The Balaban J connectivity index is 2.89. The van der Waals surface area contributed by atoms with Gasteiger partial charge in [0.25, 0.3) is 0 Å². The number of carboxylic acid groups (broad SMARTS) is 1. The lowest BCUT2D eigenvalue weighted by Gasteiger charge is -2.18. The molecule has 0 saturated heterocycles. The molecule has 0 aliphatic rings. The first kappa shape index (κ1) is 11.2. The van der Waals surface area contributed by atoms with Crippen LogP contribution in [0.4, 0.5) is 5.82 Å². The number of hydrogen-bond acceptors (Lipinski definition) is 3. The Labute approximate surface area is 88.9 Å². The van der Waals surface area contributed by atoms with Gasteiger partial charge >= 0.3 is 5.97 Å². The van der Waals surface area contributed by atoms with Gasteiger partial charge in [-0.25, -0.2) is 9.78 Å². The van der Waals surface area contributed by atoms with Crippen molar-refractivity contribution in [1.29, 1.82) is 0 Å². The van der Waals surface area contributed by atoms with E-state index in [1.54, 1.807) is 6.07 Å². The monoisotopic (exact) mass is 206 g/mol. The fraction of sp³-hybridized carbons (Fsp3) is 0.273. The molecular weight excluding hydrogens is 192 g/mol. The Morgan fingerprint density at radius 3 is 2.87 bits per heavy atom. The summed E-state index contributed by atoms with van der Waals surface area (Å²) in [6.07, 6.45) is 1.49. The molecule has 0 amide bonds. The number of aromatic carboxylic acids is 1. The van der Waals surface area contributed by atoms with E-state index >= 15 is 0 Å². The van der Waals surface area contributed by atoms with Crippen molar-refractivity contribution < 1.29 is 9.90 Å². The van der Waals surface area contributed by atoms with Gasteiger partial charge in [-0.05, 0) is 19.1 Å². The van der Waals surface area contributed by atoms with E-state index < -0.39 is 5.97 Å². The Kier molecular flexibility index (Phi) is 3.44. The molecule has 80 valence electrons. The largest absolute Gasteiger partial charge is 0.478 e. The van der Waals surface area contributed by atoms with Crippen molar-refractivity contribution in [3.8, 4) is 0 Å². The average Bonchev–Trinajstić information content (AvgIpc) is 2.17. The number of anilines is 1. The van der Waals surface area contributed by atoms with E-state index in [9.17, 15) is 4.79 Å². The normalized spacial score (nSPS) is 9.73. The lowest BCUT2D eigenvalue weighted by Crippen LogP contribution is -2.20. The second kappa shape index (κ2) is 4.59. The molecule has 0 saturated carbocycles. The zero-order chi connectivity index (χ0) is 11.4. The van der Waals surface area contributed by atoms with E-state index in [-0.39, 0.29) is 5.56 Å². The van der Waals surface area contributed by atoms with Crippen molar-refractivity contribution in [1.82, 2.24) is 4.98 Å². The molecule has 0 fully saturated rings. The van der Waals surface area contributed by atoms with Crippen LogP contribution in [0.3, 0.4) is 0 Å². The summed E-state index contributed by atoms with van der Waals surface area (Å²) in [7, 11) is 1.85. The minimum atomic E-state index is -0.942. The van der Waals surface area contributed by atoms with Crippen molar-refractivity contribution >= 4 is 11.8 Å². The van der Waals surface area contributed by atoms with Crippen molar-refractivity contribution in [3.63, 3.8) is 0 Å². The third-order valence-electron chi connectivity index (χ3n) is 1.89. The first-order valence-corrected chi connectivity index (χ1v) is 4.55. The minimum absolute atomic E-state index is 0.244. The van der Waals surface area contributed by atoms with Crippen molar-refractivity contribution in [2.45, 2.75) is 6.92 Å². The number of nitrogens with zero attached hydrogens (tertiary/aromatic N) is 2. The van der Waals surface area contributed by atoms with E-state index in [1.165, 1.54) is 12.3 Å². The van der Waals surface area contributed by atoms with Crippen LogP contribution in [0.5, 0.6) is 0 Å². The highest BCUT2D eigenvalue weighted by Crippen LogP contribution is 2.12. The van der Waals surface area contributed by atoms with Gasteiger partial charge in [0.2, 0.25) is 0 Å². The van der Waals surface area contributed by atoms with Gasteiger partial charge < -0.3 is 10.0 Å². The van der Waals surface area contributed by atoms with Crippen molar-refractivity contribution in [3.05, 3.63) is 36.0 Å². The highest BCUT2D eigenvalue weighted by atomic mass is 16.4. The lowest BCUT2D eigenvalue weighted by molar-refractivity contribution is 0.0697. The summed E-state index contributed by atoms with van der Waals surface area (Å²) in [5, 5.41) is 8.81. The number of carbonyl (C=O) groups is 1. The molecule has 1 rings (SSSR count). The Morgan fingerprint density at radius 1 is 1.67 bits per heavy atom. The zero-order valence-corrected chi connectivity index (χ0v) is 8.90. The molecule has 1 heterocycles. The topological polar surface area (TPSA) is 53.4 Å². The maximum Gasteiger partial charge on any atom is 0.335 e. The van der Waals surface area contributed by atoms with Crippen LogP contribution in [-0.2, 0) is 0 Å². The number of likely N-dealkylation sites (N-methyl/N-ethyl adjacent to an activating group) is 1. The van der Waals surface area contributed by atoms with Crippen LogP contribution in [0.15, 0.2) is 30.5 Å². The second-order valence-corrected chi connectivity index (χ2v) is 3.52. The van der Waals surface area contributed by atoms with E-state index in [0.29, 0.717) is 12.4 Å². The predicted octanol–water partition coefficient (Wildman–Crippen LogP) is 1.79. The Morgan fingerprint density at radius 2 is 2.33 bits per heavy atom. The molecule has 4 nitrogen and oxygen atoms in total. The van der Waals surface area contributed by atoms with Gasteiger partial charge in [-0.15, -0.1) is 0 Å². The minimum Gasteiger partial charge on any atom is -0.478 e. The predicted molar refractivity (Wildman–Crippen MR) is 59.3 cm³/mol. The van der Waals surface area contributed by atoms with Gasteiger partial charge in [0.15, 0.2) is 0 Å². The fourth-order valence-electron chi connectivity index (χ4n) is 1.25. The first-order chi connectivity index (χ1) is 7.00. The number of hydrogen-bond donors (Lipinski definition) is 1. The summed E-state index contributed by atoms with van der Waals surface area (Å²) in [6, 6.07) is 3.02.